The second kappa shape index (κ2) is 9.80. The van der Waals surface area contributed by atoms with Crippen LogP contribution >= 0.6 is 11.6 Å². The van der Waals surface area contributed by atoms with Gasteiger partial charge in [-0.05, 0) is 39.0 Å². The molecule has 0 bridgehead atoms. The minimum absolute atomic E-state index is 0.166. The zero-order valence-electron chi connectivity index (χ0n) is 16.8. The van der Waals surface area contributed by atoms with E-state index in [0.717, 1.165) is 0 Å². The number of carboxylic acid groups (broad SMARTS) is 1. The van der Waals surface area contributed by atoms with Crippen molar-refractivity contribution < 1.29 is 24.2 Å². The molecule has 0 aliphatic carbocycles. The van der Waals surface area contributed by atoms with Gasteiger partial charge in [0.2, 0.25) is 0 Å². The molecule has 0 unspecified atom stereocenters. The van der Waals surface area contributed by atoms with Gasteiger partial charge in [0.15, 0.2) is 0 Å². The lowest BCUT2D eigenvalue weighted by Crippen LogP contribution is -2.51. The number of nitrogens with one attached hydrogen (secondary N) is 2. The number of carbonyl (C=O) groups excluding carboxylic acids is 2. The zero-order valence-corrected chi connectivity index (χ0v) is 17.6. The monoisotopic (exact) mass is 426 g/mol. The van der Waals surface area contributed by atoms with Crippen molar-refractivity contribution in [3.63, 3.8) is 0 Å². The largest absolute Gasteiger partial charge is 0.465 e. The first kappa shape index (κ1) is 22.8. The topological polar surface area (TPSA) is 111 Å². The van der Waals surface area contributed by atoms with Gasteiger partial charge in [0, 0.05) is 45.0 Å². The minimum atomic E-state index is -1.20. The van der Waals surface area contributed by atoms with Gasteiger partial charge >= 0.3 is 12.2 Å². The van der Waals surface area contributed by atoms with E-state index < -0.39 is 11.7 Å². The fraction of sp³-hybridized carbons (Fsp3) is 0.526. The summed E-state index contributed by atoms with van der Waals surface area (Å²) >= 11 is 6.07. The van der Waals surface area contributed by atoms with Crippen molar-refractivity contribution in [3.05, 3.63) is 28.8 Å². The highest BCUT2D eigenvalue weighted by molar-refractivity contribution is 6.34. The summed E-state index contributed by atoms with van der Waals surface area (Å²) in [5, 5.41) is 13.9. The van der Waals surface area contributed by atoms with Crippen LogP contribution in [0.4, 0.5) is 15.3 Å². The molecule has 1 aromatic carbocycles. The Bertz CT molecular complexity index is 757. The molecule has 160 valence electrons. The SMILES string of the molecule is CC(C)(C)OC(=O)N1CCN(CCNC(=O)c2ccc(NC(=O)O)cc2Cl)CC1. The van der Waals surface area contributed by atoms with Crippen LogP contribution in [0.15, 0.2) is 18.2 Å². The number of rotatable bonds is 5. The van der Waals surface area contributed by atoms with Crippen LogP contribution in [0, 0.1) is 0 Å². The van der Waals surface area contributed by atoms with Crippen molar-refractivity contribution in [2.45, 2.75) is 26.4 Å². The van der Waals surface area contributed by atoms with Gasteiger partial charge in [0.1, 0.15) is 5.60 Å². The van der Waals surface area contributed by atoms with Crippen molar-refractivity contribution in [1.82, 2.24) is 15.1 Å². The molecular formula is C19H27ClN4O5. The van der Waals surface area contributed by atoms with Crippen LogP contribution in [-0.2, 0) is 4.74 Å². The van der Waals surface area contributed by atoms with Gasteiger partial charge in [-0.3, -0.25) is 15.0 Å². The number of hydrogen-bond donors (Lipinski definition) is 3. The highest BCUT2D eigenvalue weighted by Crippen LogP contribution is 2.21. The predicted octanol–water partition coefficient (Wildman–Crippen LogP) is 2.71. The molecule has 0 spiro atoms. The van der Waals surface area contributed by atoms with E-state index in [1.54, 1.807) is 4.90 Å². The Labute approximate surface area is 174 Å². The molecule has 29 heavy (non-hydrogen) atoms. The number of ether oxygens (including phenoxy) is 1. The van der Waals surface area contributed by atoms with E-state index in [-0.39, 0.29) is 22.6 Å². The molecule has 1 aliphatic rings. The molecule has 0 aromatic heterocycles. The minimum Gasteiger partial charge on any atom is -0.465 e. The van der Waals surface area contributed by atoms with Gasteiger partial charge in [0.25, 0.3) is 5.91 Å². The van der Waals surface area contributed by atoms with E-state index in [2.05, 4.69) is 15.5 Å². The number of piperazine rings is 1. The van der Waals surface area contributed by atoms with Crippen LogP contribution in [-0.4, -0.2) is 77.9 Å². The summed E-state index contributed by atoms with van der Waals surface area (Å²) in [6.45, 7) is 9.14. The Morgan fingerprint density at radius 1 is 1.17 bits per heavy atom. The quantitative estimate of drug-likeness (QED) is 0.667. The second-order valence-corrected chi connectivity index (χ2v) is 8.10. The number of hydrogen-bond acceptors (Lipinski definition) is 5. The van der Waals surface area contributed by atoms with Crippen LogP contribution in [0.3, 0.4) is 0 Å². The molecule has 1 aliphatic heterocycles. The third-order valence-electron chi connectivity index (χ3n) is 4.20. The summed E-state index contributed by atoms with van der Waals surface area (Å²) in [5.74, 6) is -0.329. The summed E-state index contributed by atoms with van der Waals surface area (Å²) < 4.78 is 5.38. The highest BCUT2D eigenvalue weighted by Gasteiger charge is 2.25. The standard InChI is InChI=1S/C19H27ClN4O5/c1-19(2,3)29-18(28)24-10-8-23(9-11-24)7-6-21-16(25)14-5-4-13(12-15(14)20)22-17(26)27/h4-5,12,22H,6-11H2,1-3H3,(H,21,25)(H,26,27). The fourth-order valence-electron chi connectivity index (χ4n) is 2.80. The van der Waals surface area contributed by atoms with Gasteiger partial charge in [-0.1, -0.05) is 11.6 Å². The summed E-state index contributed by atoms with van der Waals surface area (Å²) in [6, 6.07) is 4.34. The molecule has 10 heteroatoms. The maximum absolute atomic E-state index is 12.3. The Morgan fingerprint density at radius 2 is 1.83 bits per heavy atom. The summed E-state index contributed by atoms with van der Waals surface area (Å²) in [6.07, 6.45) is -1.51. The average molecular weight is 427 g/mol. The van der Waals surface area contributed by atoms with E-state index in [4.69, 9.17) is 21.4 Å². The van der Waals surface area contributed by atoms with Gasteiger partial charge < -0.3 is 20.1 Å². The van der Waals surface area contributed by atoms with Crippen molar-refractivity contribution in [1.29, 1.82) is 0 Å². The smallest absolute Gasteiger partial charge is 0.410 e. The van der Waals surface area contributed by atoms with Gasteiger partial charge in [-0.25, -0.2) is 9.59 Å². The Balaban J connectivity index is 1.75. The molecule has 0 atom stereocenters. The first-order valence-electron chi connectivity index (χ1n) is 9.33. The summed E-state index contributed by atoms with van der Waals surface area (Å²) in [4.78, 5) is 38.9. The van der Waals surface area contributed by atoms with Crippen molar-refractivity contribution >= 4 is 35.4 Å². The first-order valence-corrected chi connectivity index (χ1v) is 9.71. The lowest BCUT2D eigenvalue weighted by molar-refractivity contribution is 0.0147. The van der Waals surface area contributed by atoms with E-state index in [9.17, 15) is 14.4 Å². The highest BCUT2D eigenvalue weighted by atomic mass is 35.5. The summed E-state index contributed by atoms with van der Waals surface area (Å²) in [5.41, 5.74) is 0.0565. The molecule has 0 saturated carbocycles. The second-order valence-electron chi connectivity index (χ2n) is 7.69. The number of halogens is 1. The first-order chi connectivity index (χ1) is 13.5. The van der Waals surface area contributed by atoms with Crippen LogP contribution in [0.1, 0.15) is 31.1 Å². The van der Waals surface area contributed by atoms with Crippen LogP contribution < -0.4 is 10.6 Å². The molecule has 3 amide bonds. The Hall–Kier alpha value is -2.52. The number of nitrogens with zero attached hydrogens (tertiary/aromatic N) is 2. The van der Waals surface area contributed by atoms with E-state index in [1.807, 2.05) is 20.8 Å². The number of carbonyl (C=O) groups is 3. The van der Waals surface area contributed by atoms with Crippen molar-refractivity contribution in [2.24, 2.45) is 0 Å². The third-order valence-corrected chi connectivity index (χ3v) is 4.52. The maximum atomic E-state index is 12.3. The normalized spacial score (nSPS) is 15.0. The average Bonchev–Trinajstić information content (AvgIpc) is 2.60. The lowest BCUT2D eigenvalue weighted by Gasteiger charge is -2.35. The van der Waals surface area contributed by atoms with Crippen LogP contribution in [0.25, 0.3) is 0 Å². The lowest BCUT2D eigenvalue weighted by atomic mass is 10.2. The van der Waals surface area contributed by atoms with E-state index in [0.29, 0.717) is 45.0 Å². The predicted molar refractivity (Wildman–Crippen MR) is 110 cm³/mol. The van der Waals surface area contributed by atoms with Crippen molar-refractivity contribution in [3.8, 4) is 0 Å². The number of anilines is 1. The zero-order chi connectivity index (χ0) is 21.6. The Kier molecular flexibility index (Phi) is 7.69. The molecule has 2 rings (SSSR count). The molecule has 1 heterocycles. The molecule has 9 nitrogen and oxygen atoms in total. The fourth-order valence-corrected chi connectivity index (χ4v) is 3.07. The molecule has 0 radical (unpaired) electrons. The van der Waals surface area contributed by atoms with E-state index in [1.165, 1.54) is 18.2 Å². The van der Waals surface area contributed by atoms with Crippen LogP contribution in [0.2, 0.25) is 5.02 Å². The van der Waals surface area contributed by atoms with Crippen LogP contribution in [0.5, 0.6) is 0 Å². The van der Waals surface area contributed by atoms with Gasteiger partial charge in [-0.2, -0.15) is 0 Å². The Morgan fingerprint density at radius 3 is 2.38 bits per heavy atom. The van der Waals surface area contributed by atoms with Gasteiger partial charge in [0.05, 0.1) is 10.6 Å². The van der Waals surface area contributed by atoms with Gasteiger partial charge in [-0.15, -0.1) is 0 Å². The molecular weight excluding hydrogens is 400 g/mol. The summed E-state index contributed by atoms with van der Waals surface area (Å²) in [7, 11) is 0. The third kappa shape index (κ3) is 7.43. The molecule has 1 fully saturated rings. The number of benzene rings is 1. The molecule has 3 N–H and O–H groups in total. The molecule has 1 aromatic rings. The van der Waals surface area contributed by atoms with E-state index >= 15 is 0 Å². The number of amides is 3. The van der Waals surface area contributed by atoms with Crippen molar-refractivity contribution in [2.75, 3.05) is 44.6 Å². The molecule has 1 saturated heterocycles. The maximum Gasteiger partial charge on any atom is 0.410 e.